The molecule has 1 aromatic carbocycles. The molecule has 1 rings (SSSR count). The number of esters is 1. The van der Waals surface area contributed by atoms with Gasteiger partial charge < -0.3 is 14.6 Å². The third-order valence-electron chi connectivity index (χ3n) is 3.05. The zero-order chi connectivity index (χ0) is 18.5. The molecule has 132 valence electrons. The Balaban J connectivity index is 2.84. The van der Waals surface area contributed by atoms with Gasteiger partial charge in [-0.2, -0.15) is 0 Å². The van der Waals surface area contributed by atoms with E-state index in [9.17, 15) is 19.5 Å². The van der Waals surface area contributed by atoms with Crippen LogP contribution in [-0.2, 0) is 20.7 Å². The van der Waals surface area contributed by atoms with Crippen LogP contribution >= 0.6 is 0 Å². The van der Waals surface area contributed by atoms with Gasteiger partial charge in [0.1, 0.15) is 17.4 Å². The SMILES string of the molecule is CC(=O)Oc1ccc(CC(C(=O)O)N(C)C(=O)OC(C)(C)C)cc1. The fraction of sp³-hybridized carbons (Fsp3) is 0.471. The summed E-state index contributed by atoms with van der Waals surface area (Å²) in [5.41, 5.74) is -0.0196. The van der Waals surface area contributed by atoms with Crippen LogP contribution in [0, 0.1) is 0 Å². The molecule has 1 atom stereocenters. The molecule has 24 heavy (non-hydrogen) atoms. The molecule has 1 aromatic rings. The van der Waals surface area contributed by atoms with Crippen molar-refractivity contribution in [2.75, 3.05) is 7.05 Å². The van der Waals surface area contributed by atoms with Gasteiger partial charge in [-0.25, -0.2) is 9.59 Å². The van der Waals surface area contributed by atoms with Crippen molar-refractivity contribution in [1.82, 2.24) is 4.90 Å². The molecule has 1 amide bonds. The lowest BCUT2D eigenvalue weighted by Gasteiger charge is -2.28. The number of amides is 1. The molecule has 0 spiro atoms. The van der Waals surface area contributed by atoms with Crippen LogP contribution < -0.4 is 4.74 Å². The van der Waals surface area contributed by atoms with E-state index in [0.29, 0.717) is 11.3 Å². The predicted molar refractivity (Wildman–Crippen MR) is 86.9 cm³/mol. The summed E-state index contributed by atoms with van der Waals surface area (Å²) in [6.45, 7) is 6.43. The van der Waals surface area contributed by atoms with Crippen molar-refractivity contribution >= 4 is 18.0 Å². The summed E-state index contributed by atoms with van der Waals surface area (Å²) in [4.78, 5) is 35.5. The zero-order valence-electron chi connectivity index (χ0n) is 14.5. The van der Waals surface area contributed by atoms with E-state index in [1.54, 1.807) is 45.0 Å². The summed E-state index contributed by atoms with van der Waals surface area (Å²) >= 11 is 0. The molecule has 7 nitrogen and oxygen atoms in total. The van der Waals surface area contributed by atoms with Gasteiger partial charge in [-0.1, -0.05) is 12.1 Å². The quantitative estimate of drug-likeness (QED) is 0.655. The van der Waals surface area contributed by atoms with Crippen molar-refractivity contribution in [2.24, 2.45) is 0 Å². The lowest BCUT2D eigenvalue weighted by atomic mass is 10.1. The van der Waals surface area contributed by atoms with Gasteiger partial charge in [0.15, 0.2) is 0 Å². The molecule has 0 radical (unpaired) electrons. The van der Waals surface area contributed by atoms with Crippen LogP contribution in [0.4, 0.5) is 4.79 Å². The van der Waals surface area contributed by atoms with Gasteiger partial charge in [-0.3, -0.25) is 9.69 Å². The van der Waals surface area contributed by atoms with E-state index in [1.165, 1.54) is 14.0 Å². The van der Waals surface area contributed by atoms with Crippen molar-refractivity contribution in [1.29, 1.82) is 0 Å². The molecule has 0 saturated heterocycles. The summed E-state index contributed by atoms with van der Waals surface area (Å²) in [5, 5.41) is 9.41. The first-order valence-electron chi connectivity index (χ1n) is 7.45. The number of nitrogens with zero attached hydrogens (tertiary/aromatic N) is 1. The second kappa shape index (κ2) is 7.81. The van der Waals surface area contributed by atoms with E-state index in [0.717, 1.165) is 4.90 Å². The molecule has 0 aliphatic rings. The fourth-order valence-corrected chi connectivity index (χ4v) is 1.93. The molecule has 1 N–H and O–H groups in total. The second-order valence-electron chi connectivity index (χ2n) is 6.39. The van der Waals surface area contributed by atoms with E-state index < -0.39 is 29.7 Å². The molecule has 0 aliphatic heterocycles. The minimum absolute atomic E-state index is 0.103. The van der Waals surface area contributed by atoms with E-state index in [-0.39, 0.29) is 6.42 Å². The number of carboxylic acids is 1. The maximum Gasteiger partial charge on any atom is 0.410 e. The van der Waals surface area contributed by atoms with Gasteiger partial charge in [0.2, 0.25) is 0 Å². The highest BCUT2D eigenvalue weighted by Gasteiger charge is 2.30. The van der Waals surface area contributed by atoms with Gasteiger partial charge >= 0.3 is 18.0 Å². The van der Waals surface area contributed by atoms with Crippen LogP contribution in [0.2, 0.25) is 0 Å². The molecule has 0 aromatic heterocycles. The number of benzene rings is 1. The van der Waals surface area contributed by atoms with Gasteiger partial charge in [-0.15, -0.1) is 0 Å². The van der Waals surface area contributed by atoms with Crippen molar-refractivity contribution < 1.29 is 29.0 Å². The van der Waals surface area contributed by atoms with Gasteiger partial charge in [0.25, 0.3) is 0 Å². The third-order valence-corrected chi connectivity index (χ3v) is 3.05. The van der Waals surface area contributed by atoms with Crippen LogP contribution in [0.3, 0.4) is 0 Å². The molecular weight excluding hydrogens is 314 g/mol. The topological polar surface area (TPSA) is 93.1 Å². The van der Waals surface area contributed by atoms with Gasteiger partial charge in [0, 0.05) is 20.4 Å². The Morgan fingerprint density at radius 1 is 1.17 bits per heavy atom. The maximum absolute atomic E-state index is 12.1. The standard InChI is InChI=1S/C17H23NO6/c1-11(19)23-13-8-6-12(7-9-13)10-14(15(20)21)18(5)16(22)24-17(2,3)4/h6-9,14H,10H2,1-5H3,(H,20,21). The minimum atomic E-state index is -1.13. The smallest absolute Gasteiger partial charge is 0.410 e. The number of hydrogen-bond acceptors (Lipinski definition) is 5. The Bertz CT molecular complexity index is 603. The maximum atomic E-state index is 12.1. The summed E-state index contributed by atoms with van der Waals surface area (Å²) in [7, 11) is 1.39. The lowest BCUT2D eigenvalue weighted by Crippen LogP contribution is -2.46. The van der Waals surface area contributed by atoms with Crippen molar-refractivity contribution in [3.63, 3.8) is 0 Å². The number of ether oxygens (including phenoxy) is 2. The number of carbonyl (C=O) groups excluding carboxylic acids is 2. The van der Waals surface area contributed by atoms with Crippen molar-refractivity contribution in [3.05, 3.63) is 29.8 Å². The Morgan fingerprint density at radius 2 is 1.71 bits per heavy atom. The van der Waals surface area contributed by atoms with Gasteiger partial charge in [-0.05, 0) is 38.5 Å². The van der Waals surface area contributed by atoms with E-state index in [1.807, 2.05) is 0 Å². The molecular formula is C17H23NO6. The van der Waals surface area contributed by atoms with Crippen LogP contribution in [0.1, 0.15) is 33.3 Å². The molecule has 1 unspecified atom stereocenters. The molecule has 0 fully saturated rings. The molecule has 0 bridgehead atoms. The number of aliphatic carboxylic acids is 1. The number of carboxylic acid groups (broad SMARTS) is 1. The predicted octanol–water partition coefficient (Wildman–Crippen LogP) is 2.47. The van der Waals surface area contributed by atoms with E-state index in [4.69, 9.17) is 9.47 Å². The molecule has 0 saturated carbocycles. The highest BCUT2D eigenvalue weighted by atomic mass is 16.6. The summed E-state index contributed by atoms with van der Waals surface area (Å²) in [6.07, 6.45) is -0.600. The van der Waals surface area contributed by atoms with Crippen molar-refractivity contribution in [2.45, 2.75) is 45.8 Å². The average Bonchev–Trinajstić information content (AvgIpc) is 2.43. The van der Waals surface area contributed by atoms with Crippen molar-refractivity contribution in [3.8, 4) is 5.75 Å². The monoisotopic (exact) mass is 337 g/mol. The number of likely N-dealkylation sites (N-methyl/N-ethyl adjacent to an activating group) is 1. The highest BCUT2D eigenvalue weighted by molar-refractivity contribution is 5.80. The Morgan fingerprint density at radius 3 is 2.12 bits per heavy atom. The van der Waals surface area contributed by atoms with Crippen LogP contribution in [-0.4, -0.2) is 46.7 Å². The number of hydrogen-bond donors (Lipinski definition) is 1. The normalized spacial score (nSPS) is 12.2. The fourth-order valence-electron chi connectivity index (χ4n) is 1.93. The molecule has 7 heteroatoms. The first kappa shape index (κ1) is 19.5. The lowest BCUT2D eigenvalue weighted by molar-refractivity contribution is -0.142. The third kappa shape index (κ3) is 6.28. The Labute approximate surface area is 141 Å². The Kier molecular flexibility index (Phi) is 6.34. The first-order valence-corrected chi connectivity index (χ1v) is 7.45. The van der Waals surface area contributed by atoms with Crippen LogP contribution in [0.25, 0.3) is 0 Å². The number of carbonyl (C=O) groups is 3. The van der Waals surface area contributed by atoms with Crippen LogP contribution in [0.5, 0.6) is 5.75 Å². The number of rotatable bonds is 5. The molecule has 0 aliphatic carbocycles. The summed E-state index contributed by atoms with van der Waals surface area (Å²) in [5.74, 6) is -1.19. The largest absolute Gasteiger partial charge is 0.480 e. The van der Waals surface area contributed by atoms with E-state index in [2.05, 4.69) is 0 Å². The summed E-state index contributed by atoms with van der Waals surface area (Å²) < 4.78 is 10.1. The zero-order valence-corrected chi connectivity index (χ0v) is 14.5. The second-order valence-corrected chi connectivity index (χ2v) is 6.39. The summed E-state index contributed by atoms with van der Waals surface area (Å²) in [6, 6.07) is 5.37. The average molecular weight is 337 g/mol. The Hall–Kier alpha value is -2.57. The minimum Gasteiger partial charge on any atom is -0.480 e. The van der Waals surface area contributed by atoms with Crippen LogP contribution in [0.15, 0.2) is 24.3 Å². The van der Waals surface area contributed by atoms with Gasteiger partial charge in [0.05, 0.1) is 0 Å². The highest BCUT2D eigenvalue weighted by Crippen LogP contribution is 2.17. The first-order chi connectivity index (χ1) is 11.0. The molecule has 0 heterocycles. The van der Waals surface area contributed by atoms with E-state index >= 15 is 0 Å².